The van der Waals surface area contributed by atoms with Crippen LogP contribution in [0.4, 0.5) is 0 Å². The molecule has 1 unspecified atom stereocenters. The Balaban J connectivity index is 1.93. The summed E-state index contributed by atoms with van der Waals surface area (Å²) >= 11 is 3.33. The number of hydrogen-bond acceptors (Lipinski definition) is 3. The molecule has 0 amide bonds. The summed E-state index contributed by atoms with van der Waals surface area (Å²) in [6, 6.07) is 1.78. The molecule has 2 rings (SSSR count). The van der Waals surface area contributed by atoms with E-state index in [4.69, 9.17) is 4.42 Å². The minimum Gasteiger partial charge on any atom is -0.465 e. The molecule has 1 atom stereocenters. The zero-order chi connectivity index (χ0) is 11.5. The monoisotopic (exact) mass is 284 g/mol. The molecule has 2 aromatic rings. The van der Waals surface area contributed by atoms with Gasteiger partial charge >= 0.3 is 0 Å². The number of halogens is 1. The maximum Gasteiger partial charge on any atom is 0.146 e. The number of nitrogens with zero attached hydrogens (tertiary/aromatic N) is 2. The van der Waals surface area contributed by atoms with Crippen LogP contribution in [0.5, 0.6) is 0 Å². The fourth-order valence-corrected chi connectivity index (χ4v) is 2.04. The fourth-order valence-electron chi connectivity index (χ4n) is 1.58. The van der Waals surface area contributed by atoms with Crippen molar-refractivity contribution in [3.63, 3.8) is 0 Å². The van der Waals surface area contributed by atoms with Crippen molar-refractivity contribution in [1.29, 1.82) is 0 Å². The highest BCUT2D eigenvalue weighted by molar-refractivity contribution is 9.10. The number of aliphatic hydroxyl groups excluding tert-OH is 1. The van der Waals surface area contributed by atoms with Crippen LogP contribution in [0.15, 0.2) is 33.6 Å². The van der Waals surface area contributed by atoms with E-state index in [1.54, 1.807) is 17.0 Å². The molecular weight excluding hydrogens is 272 g/mol. The van der Waals surface area contributed by atoms with Crippen LogP contribution in [0.3, 0.4) is 0 Å². The molecule has 2 heterocycles. The molecule has 4 nitrogen and oxygen atoms in total. The first-order valence-electron chi connectivity index (χ1n) is 5.05. The van der Waals surface area contributed by atoms with E-state index in [9.17, 15) is 5.11 Å². The molecule has 5 heteroatoms. The molecule has 0 bridgehead atoms. The molecule has 0 saturated heterocycles. The molecule has 0 fully saturated rings. The van der Waals surface area contributed by atoms with Crippen molar-refractivity contribution < 1.29 is 9.52 Å². The van der Waals surface area contributed by atoms with Crippen molar-refractivity contribution >= 4 is 15.9 Å². The van der Waals surface area contributed by atoms with Gasteiger partial charge in [-0.15, -0.1) is 0 Å². The molecule has 0 aliphatic rings. The molecule has 16 heavy (non-hydrogen) atoms. The van der Waals surface area contributed by atoms with Crippen molar-refractivity contribution in [1.82, 2.24) is 9.78 Å². The first-order valence-corrected chi connectivity index (χ1v) is 5.84. The van der Waals surface area contributed by atoms with E-state index < -0.39 is 6.10 Å². The Labute approximate surface area is 102 Å². The van der Waals surface area contributed by atoms with Gasteiger partial charge in [0.2, 0.25) is 0 Å². The summed E-state index contributed by atoms with van der Waals surface area (Å²) in [5.41, 5.74) is 1.12. The number of rotatable bonds is 4. The van der Waals surface area contributed by atoms with Gasteiger partial charge < -0.3 is 9.52 Å². The second kappa shape index (κ2) is 4.84. The lowest BCUT2D eigenvalue weighted by molar-refractivity contribution is 0.139. The minimum atomic E-state index is -0.579. The van der Waals surface area contributed by atoms with E-state index in [-0.39, 0.29) is 0 Å². The van der Waals surface area contributed by atoms with Crippen LogP contribution < -0.4 is 0 Å². The van der Waals surface area contributed by atoms with E-state index in [2.05, 4.69) is 21.0 Å². The number of aromatic nitrogens is 2. The van der Waals surface area contributed by atoms with Gasteiger partial charge in [-0.1, -0.05) is 0 Å². The highest BCUT2D eigenvalue weighted by atomic mass is 79.9. The molecule has 0 aromatic carbocycles. The van der Waals surface area contributed by atoms with E-state index in [0.717, 1.165) is 16.5 Å². The van der Waals surface area contributed by atoms with Crippen molar-refractivity contribution in [2.24, 2.45) is 7.05 Å². The maximum absolute atomic E-state index is 9.91. The Kier molecular flexibility index (Phi) is 3.46. The molecule has 0 spiro atoms. The van der Waals surface area contributed by atoms with Gasteiger partial charge in [-0.3, -0.25) is 4.68 Å². The van der Waals surface area contributed by atoms with Crippen LogP contribution in [0.2, 0.25) is 0 Å². The summed E-state index contributed by atoms with van der Waals surface area (Å²) in [5.74, 6) is 0.587. The predicted octanol–water partition coefficient (Wildman–Crippen LogP) is 2.44. The van der Waals surface area contributed by atoms with E-state index >= 15 is 0 Å². The number of aliphatic hydroxyl groups is 1. The van der Waals surface area contributed by atoms with E-state index in [1.165, 1.54) is 0 Å². The van der Waals surface area contributed by atoms with Crippen LogP contribution in [-0.4, -0.2) is 14.9 Å². The average molecular weight is 285 g/mol. The molecule has 0 saturated carbocycles. The summed E-state index contributed by atoms with van der Waals surface area (Å²) in [6.45, 7) is 0. The van der Waals surface area contributed by atoms with Crippen molar-refractivity contribution in [3.8, 4) is 0 Å². The average Bonchev–Trinajstić information content (AvgIpc) is 2.84. The van der Waals surface area contributed by atoms with Crippen LogP contribution in [-0.2, 0) is 13.5 Å². The lowest BCUT2D eigenvalue weighted by Gasteiger charge is -2.06. The van der Waals surface area contributed by atoms with Crippen molar-refractivity contribution in [2.75, 3.05) is 0 Å². The Hall–Kier alpha value is -1.07. The maximum atomic E-state index is 9.91. The van der Waals surface area contributed by atoms with Gasteiger partial charge in [-0.25, -0.2) is 0 Å². The first kappa shape index (κ1) is 11.4. The Morgan fingerprint density at radius 2 is 2.44 bits per heavy atom. The standard InChI is InChI=1S/C11H13BrN2O2/c1-14-7-8(6-13-14)2-3-10(15)11-9(12)4-5-16-11/h4-7,10,15H,2-3H2,1H3. The summed E-state index contributed by atoms with van der Waals surface area (Å²) in [4.78, 5) is 0. The molecule has 0 aliphatic heterocycles. The van der Waals surface area contributed by atoms with Crippen molar-refractivity contribution in [2.45, 2.75) is 18.9 Å². The van der Waals surface area contributed by atoms with Gasteiger partial charge in [0.1, 0.15) is 11.9 Å². The van der Waals surface area contributed by atoms with Gasteiger partial charge in [-0.05, 0) is 40.4 Å². The van der Waals surface area contributed by atoms with Crippen LogP contribution >= 0.6 is 15.9 Å². The smallest absolute Gasteiger partial charge is 0.146 e. The second-order valence-corrected chi connectivity index (χ2v) is 4.56. The summed E-state index contributed by atoms with van der Waals surface area (Å²) in [6.07, 6.45) is 6.14. The SMILES string of the molecule is Cn1cc(CCC(O)c2occc2Br)cn1. The quantitative estimate of drug-likeness (QED) is 0.938. The summed E-state index contributed by atoms with van der Waals surface area (Å²) < 4.78 is 7.77. The minimum absolute atomic E-state index is 0.579. The van der Waals surface area contributed by atoms with Gasteiger partial charge in [0, 0.05) is 13.2 Å². The number of furan rings is 1. The molecule has 86 valence electrons. The van der Waals surface area contributed by atoms with Gasteiger partial charge in [0.15, 0.2) is 0 Å². The van der Waals surface area contributed by atoms with E-state index in [1.807, 2.05) is 19.4 Å². The van der Waals surface area contributed by atoms with Crippen LogP contribution in [0.25, 0.3) is 0 Å². The molecule has 1 N–H and O–H groups in total. The summed E-state index contributed by atoms with van der Waals surface area (Å²) in [7, 11) is 1.88. The van der Waals surface area contributed by atoms with Crippen LogP contribution in [0.1, 0.15) is 23.8 Å². The van der Waals surface area contributed by atoms with E-state index in [0.29, 0.717) is 12.2 Å². The predicted molar refractivity (Wildman–Crippen MR) is 62.9 cm³/mol. The summed E-state index contributed by atoms with van der Waals surface area (Å²) in [5, 5.41) is 14.0. The zero-order valence-electron chi connectivity index (χ0n) is 8.93. The van der Waals surface area contributed by atoms with Gasteiger partial charge in [-0.2, -0.15) is 5.10 Å². The third kappa shape index (κ3) is 2.54. The topological polar surface area (TPSA) is 51.2 Å². The van der Waals surface area contributed by atoms with Crippen molar-refractivity contribution in [3.05, 3.63) is 40.5 Å². The highest BCUT2D eigenvalue weighted by Gasteiger charge is 2.14. The largest absolute Gasteiger partial charge is 0.465 e. The highest BCUT2D eigenvalue weighted by Crippen LogP contribution is 2.27. The Morgan fingerprint density at radius 1 is 1.62 bits per heavy atom. The van der Waals surface area contributed by atoms with Crippen LogP contribution in [0, 0.1) is 0 Å². The zero-order valence-corrected chi connectivity index (χ0v) is 10.5. The Bertz CT molecular complexity index is 464. The Morgan fingerprint density at radius 3 is 3.00 bits per heavy atom. The lowest BCUT2D eigenvalue weighted by Crippen LogP contribution is -1.98. The third-order valence-corrected chi connectivity index (χ3v) is 3.07. The van der Waals surface area contributed by atoms with Gasteiger partial charge in [0.25, 0.3) is 0 Å². The molecule has 2 aromatic heterocycles. The first-order chi connectivity index (χ1) is 7.66. The fraction of sp³-hybridized carbons (Fsp3) is 0.364. The molecule has 0 aliphatic carbocycles. The number of hydrogen-bond donors (Lipinski definition) is 1. The van der Waals surface area contributed by atoms with Gasteiger partial charge in [0.05, 0.1) is 16.9 Å². The molecule has 0 radical (unpaired) electrons. The number of aryl methyl sites for hydroxylation is 2. The third-order valence-electron chi connectivity index (χ3n) is 2.41. The lowest BCUT2D eigenvalue weighted by atomic mass is 10.1. The molecular formula is C11H13BrN2O2. The normalized spacial score (nSPS) is 12.9. The second-order valence-electron chi connectivity index (χ2n) is 3.71.